The summed E-state index contributed by atoms with van der Waals surface area (Å²) in [5.41, 5.74) is -2.55. The average molecular weight is 432 g/mol. The van der Waals surface area contributed by atoms with Crippen LogP contribution in [0.4, 0.5) is 8.78 Å². The van der Waals surface area contributed by atoms with Gasteiger partial charge >= 0.3 is 13.3 Å². The van der Waals surface area contributed by atoms with Crippen LogP contribution in [0.15, 0.2) is 18.2 Å². The van der Waals surface area contributed by atoms with Crippen LogP contribution in [0.25, 0.3) is 6.08 Å². The van der Waals surface area contributed by atoms with E-state index in [0.29, 0.717) is 11.6 Å². The normalized spacial score (nSPS) is 13.8. The predicted octanol–water partition coefficient (Wildman–Crippen LogP) is 5.95. The number of alkyl halides is 2. The second-order valence-corrected chi connectivity index (χ2v) is 11.0. The van der Waals surface area contributed by atoms with Gasteiger partial charge in [-0.3, -0.25) is 9.36 Å². The number of carbonyl (C=O) groups is 1. The maximum Gasteiger partial charge on any atom is 0.407 e. The van der Waals surface area contributed by atoms with Crippen LogP contribution in [0.2, 0.25) is 0 Å². The quantitative estimate of drug-likeness (QED) is 0.394. The van der Waals surface area contributed by atoms with Crippen LogP contribution in [0.5, 0.6) is 5.75 Å². The minimum atomic E-state index is -4.90. The number of allylic oxidation sites excluding steroid dienone is 1. The van der Waals surface area contributed by atoms with E-state index in [-0.39, 0.29) is 10.8 Å². The molecule has 0 saturated heterocycles. The van der Waals surface area contributed by atoms with E-state index < -0.39 is 19.0 Å². The number of benzene rings is 1. The van der Waals surface area contributed by atoms with E-state index in [0.717, 1.165) is 31.1 Å². The van der Waals surface area contributed by atoms with Gasteiger partial charge in [0, 0.05) is 25.3 Å². The van der Waals surface area contributed by atoms with Gasteiger partial charge in [-0.2, -0.15) is 8.78 Å². The topological polar surface area (TPSA) is 61.8 Å². The first-order chi connectivity index (χ1) is 13.0. The molecule has 5 nitrogen and oxygen atoms in total. The Bertz CT molecular complexity index is 789. The van der Waals surface area contributed by atoms with Gasteiger partial charge in [0.05, 0.1) is 7.11 Å². The highest BCUT2D eigenvalue weighted by molar-refractivity contribution is 7.56. The Morgan fingerprint density at radius 3 is 1.66 bits per heavy atom. The third-order valence-corrected chi connectivity index (χ3v) is 6.35. The molecule has 8 heteroatoms. The maximum absolute atomic E-state index is 14.3. The second kappa shape index (κ2) is 8.66. The van der Waals surface area contributed by atoms with Crippen molar-refractivity contribution in [3.63, 3.8) is 0 Å². The van der Waals surface area contributed by atoms with Crippen LogP contribution < -0.4 is 4.74 Å². The molecule has 29 heavy (non-hydrogen) atoms. The predicted molar refractivity (Wildman–Crippen MR) is 111 cm³/mol. The molecule has 1 rings (SSSR count). The average Bonchev–Trinajstić information content (AvgIpc) is 2.62. The lowest BCUT2D eigenvalue weighted by atomic mass is 9.78. The SMILES string of the molecule is COc1c(C(C)(C)C)cc(/C=C/C(=O)C(F)(F)P(=O)(OC)OC)cc1C(C)(C)C. The summed E-state index contributed by atoms with van der Waals surface area (Å²) in [4.78, 5) is 12.1. The summed E-state index contributed by atoms with van der Waals surface area (Å²) in [6.07, 6.45) is 1.97. The Hall–Kier alpha value is -1.56. The third-order valence-electron chi connectivity index (χ3n) is 4.48. The molecule has 0 aromatic heterocycles. The fourth-order valence-corrected chi connectivity index (χ4v) is 3.74. The molecular formula is C21H31F2O5P. The molecule has 0 aliphatic rings. The molecule has 164 valence electrons. The molecule has 0 N–H and O–H groups in total. The first-order valence-electron chi connectivity index (χ1n) is 9.10. The standard InChI is InChI=1S/C21H31F2O5P/c1-19(2,3)15-12-14(13-16(18(15)26-7)20(4,5)6)10-11-17(24)21(22,23)29(25,27-8)28-9/h10-13H,1-9H3/b11-10+. The van der Waals surface area contributed by atoms with Crippen molar-refractivity contribution in [3.05, 3.63) is 34.9 Å². The van der Waals surface area contributed by atoms with E-state index in [1.165, 1.54) is 6.08 Å². The lowest BCUT2D eigenvalue weighted by Gasteiger charge is -2.29. The van der Waals surface area contributed by atoms with Gasteiger partial charge in [0.15, 0.2) is 0 Å². The summed E-state index contributed by atoms with van der Waals surface area (Å²) in [5.74, 6) is -0.933. The fourth-order valence-electron chi connectivity index (χ4n) is 2.79. The van der Waals surface area contributed by atoms with E-state index in [2.05, 4.69) is 9.05 Å². The van der Waals surface area contributed by atoms with Crippen molar-refractivity contribution < 1.29 is 31.9 Å². The highest BCUT2D eigenvalue weighted by Gasteiger charge is 2.57. The number of carbonyl (C=O) groups excluding carboxylic acids is 1. The molecular weight excluding hydrogens is 401 g/mol. The van der Waals surface area contributed by atoms with Crippen LogP contribution >= 0.6 is 7.60 Å². The number of hydrogen-bond donors (Lipinski definition) is 0. The van der Waals surface area contributed by atoms with Crippen LogP contribution in [0.3, 0.4) is 0 Å². The number of ketones is 1. The zero-order chi connectivity index (χ0) is 22.8. The molecule has 0 bridgehead atoms. The van der Waals surface area contributed by atoms with Gasteiger partial charge in [0.25, 0.3) is 0 Å². The van der Waals surface area contributed by atoms with Gasteiger partial charge in [-0.15, -0.1) is 0 Å². The van der Waals surface area contributed by atoms with Gasteiger partial charge in [0.1, 0.15) is 5.75 Å². The minimum absolute atomic E-state index is 0.287. The second-order valence-electron chi connectivity index (χ2n) is 8.75. The van der Waals surface area contributed by atoms with E-state index in [4.69, 9.17) is 4.74 Å². The number of methoxy groups -OCH3 is 1. The Morgan fingerprint density at radius 1 is 0.931 bits per heavy atom. The molecule has 0 heterocycles. The van der Waals surface area contributed by atoms with Crippen LogP contribution in [-0.2, 0) is 29.2 Å². The lowest BCUT2D eigenvalue weighted by molar-refractivity contribution is -0.130. The van der Waals surface area contributed by atoms with Crippen molar-refractivity contribution in [3.8, 4) is 5.75 Å². The Labute approximate surface area is 172 Å². The molecule has 0 amide bonds. The Kier molecular flexibility index (Phi) is 7.61. The summed E-state index contributed by atoms with van der Waals surface area (Å²) in [7, 11) is -1.69. The van der Waals surface area contributed by atoms with E-state index in [1.54, 1.807) is 19.2 Å². The van der Waals surface area contributed by atoms with Gasteiger partial charge in [-0.05, 0) is 34.6 Å². The molecule has 0 saturated carbocycles. The molecule has 1 aromatic rings. The van der Waals surface area contributed by atoms with Crippen LogP contribution in [0.1, 0.15) is 58.2 Å². The van der Waals surface area contributed by atoms with Gasteiger partial charge in [-0.1, -0.05) is 47.6 Å². The Balaban J connectivity index is 3.53. The third kappa shape index (κ3) is 5.33. The fraction of sp³-hybridized carbons (Fsp3) is 0.571. The number of rotatable bonds is 7. The molecule has 0 unspecified atom stereocenters. The molecule has 0 aliphatic heterocycles. The monoisotopic (exact) mass is 432 g/mol. The van der Waals surface area contributed by atoms with E-state index in [9.17, 15) is 18.1 Å². The van der Waals surface area contributed by atoms with Crippen molar-refractivity contribution in [2.45, 2.75) is 58.0 Å². The molecule has 0 fully saturated rings. The number of hydrogen-bond acceptors (Lipinski definition) is 5. The van der Waals surface area contributed by atoms with Crippen LogP contribution in [-0.4, -0.2) is 32.8 Å². The number of ether oxygens (including phenoxy) is 1. The summed E-state index contributed by atoms with van der Waals surface area (Å²) in [5, 5.41) is 0. The van der Waals surface area contributed by atoms with Crippen molar-refractivity contribution in [1.29, 1.82) is 0 Å². The Morgan fingerprint density at radius 2 is 1.34 bits per heavy atom. The largest absolute Gasteiger partial charge is 0.496 e. The zero-order valence-electron chi connectivity index (χ0n) is 18.6. The van der Waals surface area contributed by atoms with E-state index in [1.807, 2.05) is 41.5 Å². The molecule has 0 aliphatic carbocycles. The molecule has 0 atom stereocenters. The highest BCUT2D eigenvalue weighted by atomic mass is 31.2. The summed E-state index contributed by atoms with van der Waals surface area (Å²) in [6.45, 7) is 12.1. The zero-order valence-corrected chi connectivity index (χ0v) is 19.4. The summed E-state index contributed by atoms with van der Waals surface area (Å²) >= 11 is 0. The number of halogens is 2. The van der Waals surface area contributed by atoms with Gasteiger partial charge in [-0.25, -0.2) is 0 Å². The van der Waals surface area contributed by atoms with Gasteiger partial charge in [0.2, 0.25) is 5.78 Å². The molecule has 0 spiro atoms. The summed E-state index contributed by atoms with van der Waals surface area (Å²) in [6, 6.07) is 3.59. The summed E-state index contributed by atoms with van der Waals surface area (Å²) < 4.78 is 54.8. The van der Waals surface area contributed by atoms with Crippen LogP contribution in [0, 0.1) is 0 Å². The molecule has 0 radical (unpaired) electrons. The smallest absolute Gasteiger partial charge is 0.407 e. The van der Waals surface area contributed by atoms with Crippen molar-refractivity contribution in [1.82, 2.24) is 0 Å². The van der Waals surface area contributed by atoms with E-state index >= 15 is 0 Å². The first-order valence-corrected chi connectivity index (χ1v) is 10.6. The van der Waals surface area contributed by atoms with Crippen molar-refractivity contribution in [2.75, 3.05) is 21.3 Å². The first kappa shape index (κ1) is 25.5. The lowest BCUT2D eigenvalue weighted by Crippen LogP contribution is -2.28. The minimum Gasteiger partial charge on any atom is -0.496 e. The van der Waals surface area contributed by atoms with Crippen molar-refractivity contribution >= 4 is 19.5 Å². The maximum atomic E-state index is 14.3. The van der Waals surface area contributed by atoms with Crippen molar-refractivity contribution in [2.24, 2.45) is 0 Å². The van der Waals surface area contributed by atoms with Gasteiger partial charge < -0.3 is 13.8 Å². The molecule has 1 aromatic carbocycles. The highest BCUT2D eigenvalue weighted by Crippen LogP contribution is 2.61.